The Kier molecular flexibility index (Phi) is 7.22. The maximum absolute atomic E-state index is 4.60. The van der Waals surface area contributed by atoms with Crippen LogP contribution in [0.25, 0.3) is 22.0 Å². The van der Waals surface area contributed by atoms with E-state index < -0.39 is 0 Å². The van der Waals surface area contributed by atoms with Crippen LogP contribution in [0.3, 0.4) is 0 Å². The Bertz CT molecular complexity index is 1600. The number of rotatable bonds is 8. The molecular formula is C36H37N5. The minimum atomic E-state index is 0.634. The van der Waals surface area contributed by atoms with E-state index in [-0.39, 0.29) is 0 Å². The van der Waals surface area contributed by atoms with E-state index in [9.17, 15) is 0 Å². The quantitative estimate of drug-likeness (QED) is 0.216. The molecule has 2 saturated heterocycles. The number of nitrogens with one attached hydrogen (secondary N) is 2. The first-order chi connectivity index (χ1) is 20.2. The van der Waals surface area contributed by atoms with Crippen molar-refractivity contribution in [1.82, 2.24) is 20.2 Å². The van der Waals surface area contributed by atoms with Gasteiger partial charge in [-0.25, -0.2) is 9.97 Å². The summed E-state index contributed by atoms with van der Waals surface area (Å²) in [5.41, 5.74) is 8.25. The molecule has 0 spiro atoms. The van der Waals surface area contributed by atoms with Crippen molar-refractivity contribution in [3.05, 3.63) is 120 Å². The second-order valence-corrected chi connectivity index (χ2v) is 11.7. The van der Waals surface area contributed by atoms with E-state index in [0.29, 0.717) is 6.04 Å². The smallest absolute Gasteiger partial charge is 0.141 e. The molecule has 206 valence electrons. The molecule has 5 heteroatoms. The Hall–Kier alpha value is -4.06. The van der Waals surface area contributed by atoms with Crippen LogP contribution in [0.15, 0.2) is 103 Å². The van der Waals surface area contributed by atoms with Gasteiger partial charge in [-0.15, -0.1) is 0 Å². The van der Waals surface area contributed by atoms with Gasteiger partial charge < -0.3 is 15.5 Å². The predicted octanol–water partition coefficient (Wildman–Crippen LogP) is 7.35. The second kappa shape index (κ2) is 11.4. The molecule has 41 heavy (non-hydrogen) atoms. The third-order valence-electron chi connectivity index (χ3n) is 9.08. The lowest BCUT2D eigenvalue weighted by Gasteiger charge is -2.36. The summed E-state index contributed by atoms with van der Waals surface area (Å²) in [6.07, 6.45) is 7.84. The molecule has 4 aromatic carbocycles. The normalized spacial score (nSPS) is 20.4. The Labute approximate surface area is 242 Å². The summed E-state index contributed by atoms with van der Waals surface area (Å²) < 4.78 is 0. The number of hydrogen-bond donors (Lipinski definition) is 2. The lowest BCUT2D eigenvalue weighted by molar-refractivity contribution is 0.148. The highest BCUT2D eigenvalue weighted by molar-refractivity contribution is 5.93. The van der Waals surface area contributed by atoms with Crippen LogP contribution < -0.4 is 10.6 Å². The van der Waals surface area contributed by atoms with Gasteiger partial charge in [-0.2, -0.15) is 0 Å². The Balaban J connectivity index is 1.03. The molecule has 0 radical (unpaired) electrons. The fraction of sp³-hybridized carbons (Fsp3) is 0.278. The Morgan fingerprint density at radius 3 is 2.17 bits per heavy atom. The summed E-state index contributed by atoms with van der Waals surface area (Å²) >= 11 is 0. The molecule has 2 unspecified atom stereocenters. The van der Waals surface area contributed by atoms with Crippen molar-refractivity contribution in [1.29, 1.82) is 0 Å². The van der Waals surface area contributed by atoms with Crippen LogP contribution in [0.2, 0.25) is 0 Å². The average Bonchev–Trinajstić information content (AvgIpc) is 3.21. The summed E-state index contributed by atoms with van der Waals surface area (Å²) in [5, 5.41) is 8.38. The number of aromatic nitrogens is 2. The van der Waals surface area contributed by atoms with Gasteiger partial charge in [0.2, 0.25) is 0 Å². The van der Waals surface area contributed by atoms with Crippen LogP contribution in [0.1, 0.15) is 42.4 Å². The lowest BCUT2D eigenvalue weighted by Crippen LogP contribution is -2.46. The zero-order valence-corrected chi connectivity index (χ0v) is 23.6. The first kappa shape index (κ1) is 25.9. The van der Waals surface area contributed by atoms with E-state index in [1.165, 1.54) is 53.5 Å². The topological polar surface area (TPSA) is 53.1 Å². The monoisotopic (exact) mass is 539 g/mol. The minimum absolute atomic E-state index is 0.634. The third kappa shape index (κ3) is 5.74. The van der Waals surface area contributed by atoms with Crippen LogP contribution in [0.4, 0.5) is 11.5 Å². The molecule has 2 bridgehead atoms. The number of fused-ring (bicyclic) bond motifs is 3. The molecule has 2 atom stereocenters. The highest BCUT2D eigenvalue weighted by Crippen LogP contribution is 2.34. The van der Waals surface area contributed by atoms with Gasteiger partial charge in [0, 0.05) is 35.7 Å². The van der Waals surface area contributed by atoms with Crippen molar-refractivity contribution in [2.75, 3.05) is 12.4 Å². The molecule has 1 aromatic heterocycles. The van der Waals surface area contributed by atoms with E-state index in [2.05, 4.69) is 130 Å². The first-order valence-corrected chi connectivity index (χ1v) is 14.9. The minimum Gasteiger partial charge on any atom is -0.340 e. The maximum atomic E-state index is 4.60. The van der Waals surface area contributed by atoms with Crippen molar-refractivity contribution in [2.24, 2.45) is 0 Å². The molecule has 2 aliphatic rings. The molecule has 5 aromatic rings. The van der Waals surface area contributed by atoms with Gasteiger partial charge in [-0.1, -0.05) is 72.8 Å². The molecule has 7 rings (SSSR count). The van der Waals surface area contributed by atoms with E-state index >= 15 is 0 Å². The van der Waals surface area contributed by atoms with Gasteiger partial charge in [-0.3, -0.25) is 0 Å². The summed E-state index contributed by atoms with van der Waals surface area (Å²) in [4.78, 5) is 11.7. The van der Waals surface area contributed by atoms with Gasteiger partial charge in [0.15, 0.2) is 0 Å². The summed E-state index contributed by atoms with van der Waals surface area (Å²) in [6, 6.07) is 36.8. The van der Waals surface area contributed by atoms with Crippen LogP contribution in [0, 0.1) is 0 Å². The third-order valence-corrected chi connectivity index (χ3v) is 9.08. The van der Waals surface area contributed by atoms with E-state index in [1.807, 2.05) is 0 Å². The maximum Gasteiger partial charge on any atom is 0.141 e. The van der Waals surface area contributed by atoms with Gasteiger partial charge in [0.05, 0.1) is 5.52 Å². The Morgan fingerprint density at radius 1 is 0.732 bits per heavy atom. The van der Waals surface area contributed by atoms with Gasteiger partial charge in [-0.05, 0) is 91.2 Å². The largest absolute Gasteiger partial charge is 0.340 e. The summed E-state index contributed by atoms with van der Waals surface area (Å²) in [6.45, 7) is 0.928. The number of piperidine rings is 1. The van der Waals surface area contributed by atoms with Gasteiger partial charge in [0.1, 0.15) is 12.1 Å². The van der Waals surface area contributed by atoms with Crippen molar-refractivity contribution >= 4 is 22.4 Å². The molecule has 0 saturated carbocycles. The fourth-order valence-electron chi connectivity index (χ4n) is 6.67. The zero-order valence-electron chi connectivity index (χ0n) is 23.6. The van der Waals surface area contributed by atoms with Crippen molar-refractivity contribution in [3.8, 4) is 11.1 Å². The molecule has 2 fully saturated rings. The molecule has 2 N–H and O–H groups in total. The SMILES string of the molecule is CN1C2CCC1CC(NCc1ccc(-c3ccc4ncnc(Nc5ccc(Cc6ccccc6)cc5)c4c3)cc1)C2. The van der Waals surface area contributed by atoms with E-state index in [4.69, 9.17) is 0 Å². The summed E-state index contributed by atoms with van der Waals surface area (Å²) in [7, 11) is 2.31. The molecule has 5 nitrogen and oxygen atoms in total. The zero-order chi connectivity index (χ0) is 27.6. The van der Waals surface area contributed by atoms with Crippen LogP contribution in [0.5, 0.6) is 0 Å². The summed E-state index contributed by atoms with van der Waals surface area (Å²) in [5.74, 6) is 0.820. The van der Waals surface area contributed by atoms with Crippen LogP contribution in [-0.4, -0.2) is 40.0 Å². The van der Waals surface area contributed by atoms with E-state index in [0.717, 1.165) is 47.5 Å². The van der Waals surface area contributed by atoms with Gasteiger partial charge >= 0.3 is 0 Å². The van der Waals surface area contributed by atoms with Crippen molar-refractivity contribution in [3.63, 3.8) is 0 Å². The average molecular weight is 540 g/mol. The molecule has 0 amide bonds. The number of nitrogens with zero attached hydrogens (tertiary/aromatic N) is 3. The standard InChI is InChI=1S/C36H37N5/c1-41-32-16-17-33(41)22-31(21-32)37-23-27-7-11-28(12-8-27)29-13-18-35-34(20-29)36(39-24-38-35)40-30-14-9-26(10-15-30)19-25-5-3-2-4-6-25/h2-15,18,20,24,31-33,37H,16-17,19,21-23H2,1H3,(H,38,39,40). The Morgan fingerprint density at radius 2 is 1.41 bits per heavy atom. The lowest BCUT2D eigenvalue weighted by atomic mass is 9.97. The molecule has 0 aliphatic carbocycles. The second-order valence-electron chi connectivity index (χ2n) is 11.7. The molecule has 3 heterocycles. The first-order valence-electron chi connectivity index (χ1n) is 14.9. The van der Waals surface area contributed by atoms with E-state index in [1.54, 1.807) is 6.33 Å². The van der Waals surface area contributed by atoms with Crippen LogP contribution >= 0.6 is 0 Å². The van der Waals surface area contributed by atoms with Crippen molar-refractivity contribution in [2.45, 2.75) is 56.8 Å². The number of anilines is 2. The predicted molar refractivity (Wildman–Crippen MR) is 168 cm³/mol. The van der Waals surface area contributed by atoms with Crippen LogP contribution in [-0.2, 0) is 13.0 Å². The fourth-order valence-corrected chi connectivity index (χ4v) is 6.67. The highest BCUT2D eigenvalue weighted by atomic mass is 15.2. The number of hydrogen-bond acceptors (Lipinski definition) is 5. The number of benzene rings is 4. The molecule has 2 aliphatic heterocycles. The van der Waals surface area contributed by atoms with Gasteiger partial charge in [0.25, 0.3) is 0 Å². The molecular weight excluding hydrogens is 502 g/mol. The highest BCUT2D eigenvalue weighted by Gasteiger charge is 2.38. The van der Waals surface area contributed by atoms with Crippen molar-refractivity contribution < 1.29 is 0 Å².